The summed E-state index contributed by atoms with van der Waals surface area (Å²) in [7, 11) is 2.13. The molecule has 1 aromatic heterocycles. The van der Waals surface area contributed by atoms with E-state index in [-0.39, 0.29) is 0 Å². The van der Waals surface area contributed by atoms with Gasteiger partial charge < -0.3 is 9.88 Å². The summed E-state index contributed by atoms with van der Waals surface area (Å²) in [5.74, 6) is 1.58. The van der Waals surface area contributed by atoms with E-state index < -0.39 is 0 Å². The number of halogens is 1. The summed E-state index contributed by atoms with van der Waals surface area (Å²) >= 11 is 5.74. The van der Waals surface area contributed by atoms with Gasteiger partial charge in [0.25, 0.3) is 0 Å². The van der Waals surface area contributed by atoms with Gasteiger partial charge in [-0.05, 0) is 20.0 Å². The average Bonchev–Trinajstić information content (AvgIpc) is 2.58. The maximum Gasteiger partial charge on any atom is 0.126 e. The lowest BCUT2D eigenvalue weighted by Gasteiger charge is -2.06. The van der Waals surface area contributed by atoms with E-state index in [1.54, 1.807) is 6.20 Å². The van der Waals surface area contributed by atoms with E-state index in [1.165, 1.54) is 6.42 Å². The number of H-pyrrole nitrogens is 1. The van der Waals surface area contributed by atoms with Crippen molar-refractivity contribution in [3.8, 4) is 0 Å². The molecule has 12 heavy (non-hydrogen) atoms. The minimum Gasteiger partial charge on any atom is -0.333 e. The molecule has 0 radical (unpaired) electrons. The maximum atomic E-state index is 5.74. The standard InChI is InChI=1S/C8H12ClN3/c1-12-3-2-6(5-12)8-10-4-7(9)11-8/h4,6H,2-3,5H2,1H3,(H,10,11). The fourth-order valence-corrected chi connectivity index (χ4v) is 1.82. The van der Waals surface area contributed by atoms with Gasteiger partial charge >= 0.3 is 0 Å². The van der Waals surface area contributed by atoms with Crippen LogP contribution in [-0.4, -0.2) is 35.0 Å². The molecule has 1 saturated heterocycles. The van der Waals surface area contributed by atoms with Crippen LogP contribution in [0.5, 0.6) is 0 Å². The molecule has 3 nitrogen and oxygen atoms in total. The van der Waals surface area contributed by atoms with Gasteiger partial charge in [0.2, 0.25) is 0 Å². The van der Waals surface area contributed by atoms with Crippen LogP contribution in [0.15, 0.2) is 6.20 Å². The summed E-state index contributed by atoms with van der Waals surface area (Å²) in [5.41, 5.74) is 0. The molecule has 0 bridgehead atoms. The third-order valence-corrected chi connectivity index (χ3v) is 2.53. The van der Waals surface area contributed by atoms with E-state index in [0.717, 1.165) is 18.9 Å². The van der Waals surface area contributed by atoms with Crippen molar-refractivity contribution in [2.75, 3.05) is 20.1 Å². The molecule has 2 rings (SSSR count). The Morgan fingerprint density at radius 1 is 1.75 bits per heavy atom. The van der Waals surface area contributed by atoms with Crippen LogP contribution in [0.4, 0.5) is 0 Å². The van der Waals surface area contributed by atoms with E-state index in [9.17, 15) is 0 Å². The second kappa shape index (κ2) is 3.07. The first-order valence-corrected chi connectivity index (χ1v) is 4.52. The van der Waals surface area contributed by atoms with E-state index in [1.807, 2.05) is 0 Å². The quantitative estimate of drug-likeness (QED) is 0.719. The molecule has 0 saturated carbocycles. The molecule has 2 heterocycles. The molecule has 1 fully saturated rings. The highest BCUT2D eigenvalue weighted by Gasteiger charge is 2.23. The number of nitrogens with zero attached hydrogens (tertiary/aromatic N) is 2. The second-order valence-corrected chi connectivity index (χ2v) is 3.77. The molecule has 1 atom stereocenters. The van der Waals surface area contributed by atoms with Crippen LogP contribution in [-0.2, 0) is 0 Å². The van der Waals surface area contributed by atoms with Gasteiger partial charge in [0, 0.05) is 12.5 Å². The first-order valence-electron chi connectivity index (χ1n) is 4.14. The van der Waals surface area contributed by atoms with Gasteiger partial charge in [-0.3, -0.25) is 0 Å². The lowest BCUT2D eigenvalue weighted by Crippen LogP contribution is -2.13. The van der Waals surface area contributed by atoms with Gasteiger partial charge in [0.15, 0.2) is 0 Å². The monoisotopic (exact) mass is 185 g/mol. The lowest BCUT2D eigenvalue weighted by molar-refractivity contribution is 0.410. The molecule has 0 aromatic carbocycles. The van der Waals surface area contributed by atoms with E-state index >= 15 is 0 Å². The average molecular weight is 186 g/mol. The van der Waals surface area contributed by atoms with Gasteiger partial charge in [0.1, 0.15) is 11.0 Å². The number of nitrogens with one attached hydrogen (secondary N) is 1. The number of rotatable bonds is 1. The molecular weight excluding hydrogens is 174 g/mol. The van der Waals surface area contributed by atoms with Gasteiger partial charge in [-0.15, -0.1) is 0 Å². The van der Waals surface area contributed by atoms with Crippen molar-refractivity contribution in [3.05, 3.63) is 17.2 Å². The normalized spacial score (nSPS) is 25.0. The molecule has 0 spiro atoms. The minimum absolute atomic E-state index is 0.544. The van der Waals surface area contributed by atoms with Crippen molar-refractivity contribution in [1.29, 1.82) is 0 Å². The predicted molar refractivity (Wildman–Crippen MR) is 48.5 cm³/mol. The Bertz CT molecular complexity index is 271. The van der Waals surface area contributed by atoms with Crippen LogP contribution in [0.1, 0.15) is 18.2 Å². The van der Waals surface area contributed by atoms with Crippen molar-refractivity contribution in [2.45, 2.75) is 12.3 Å². The number of imidazole rings is 1. The number of hydrogen-bond acceptors (Lipinski definition) is 2. The van der Waals surface area contributed by atoms with Crippen LogP contribution < -0.4 is 0 Å². The SMILES string of the molecule is CN1CCC(c2ncc(Cl)[nH]2)C1. The van der Waals surface area contributed by atoms with Gasteiger partial charge in [-0.2, -0.15) is 0 Å². The van der Waals surface area contributed by atoms with Crippen molar-refractivity contribution in [2.24, 2.45) is 0 Å². The van der Waals surface area contributed by atoms with Crippen LogP contribution in [0.3, 0.4) is 0 Å². The van der Waals surface area contributed by atoms with Crippen molar-refractivity contribution < 1.29 is 0 Å². The van der Waals surface area contributed by atoms with Crippen LogP contribution in [0, 0.1) is 0 Å². The topological polar surface area (TPSA) is 31.9 Å². The molecule has 0 amide bonds. The molecule has 0 aliphatic carbocycles. The first-order chi connectivity index (χ1) is 5.75. The van der Waals surface area contributed by atoms with Gasteiger partial charge in [-0.25, -0.2) is 4.98 Å². The Labute approximate surface area is 76.7 Å². The van der Waals surface area contributed by atoms with Crippen LogP contribution in [0.25, 0.3) is 0 Å². The molecule has 1 aromatic rings. The molecule has 1 unspecified atom stereocenters. The molecule has 1 aliphatic heterocycles. The minimum atomic E-state index is 0.544. The zero-order valence-corrected chi connectivity index (χ0v) is 7.80. The molecule has 4 heteroatoms. The fraction of sp³-hybridized carbons (Fsp3) is 0.625. The largest absolute Gasteiger partial charge is 0.333 e. The highest BCUT2D eigenvalue weighted by molar-refractivity contribution is 6.29. The highest BCUT2D eigenvalue weighted by Crippen LogP contribution is 2.24. The molecule has 66 valence electrons. The van der Waals surface area contributed by atoms with E-state index in [2.05, 4.69) is 21.9 Å². The van der Waals surface area contributed by atoms with Gasteiger partial charge in [0.05, 0.1) is 6.20 Å². The van der Waals surface area contributed by atoms with E-state index in [0.29, 0.717) is 11.1 Å². The smallest absolute Gasteiger partial charge is 0.126 e. The Morgan fingerprint density at radius 3 is 3.08 bits per heavy atom. The zero-order valence-electron chi connectivity index (χ0n) is 7.05. The molecule has 1 aliphatic rings. The summed E-state index contributed by atoms with van der Waals surface area (Å²) in [6.45, 7) is 2.24. The Kier molecular flexibility index (Phi) is 2.07. The summed E-state index contributed by atoms with van der Waals surface area (Å²) in [4.78, 5) is 9.59. The summed E-state index contributed by atoms with van der Waals surface area (Å²) in [6.07, 6.45) is 2.86. The zero-order chi connectivity index (χ0) is 8.55. The third-order valence-electron chi connectivity index (χ3n) is 2.34. The van der Waals surface area contributed by atoms with Crippen LogP contribution >= 0.6 is 11.6 Å². The number of likely N-dealkylation sites (N-methyl/N-ethyl adjacent to an activating group) is 1. The number of aromatic amines is 1. The summed E-state index contributed by atoms with van der Waals surface area (Å²) < 4.78 is 0. The molecular formula is C8H12ClN3. The van der Waals surface area contributed by atoms with Crippen LogP contribution in [0.2, 0.25) is 5.15 Å². The summed E-state index contributed by atoms with van der Waals surface area (Å²) in [6, 6.07) is 0. The van der Waals surface area contributed by atoms with Crippen molar-refractivity contribution in [3.63, 3.8) is 0 Å². The number of hydrogen-bond donors (Lipinski definition) is 1. The third kappa shape index (κ3) is 1.47. The van der Waals surface area contributed by atoms with Gasteiger partial charge in [-0.1, -0.05) is 11.6 Å². The fourth-order valence-electron chi connectivity index (χ4n) is 1.68. The second-order valence-electron chi connectivity index (χ2n) is 3.36. The highest BCUT2D eigenvalue weighted by atomic mass is 35.5. The number of aromatic nitrogens is 2. The number of likely N-dealkylation sites (tertiary alicyclic amines) is 1. The Balaban J connectivity index is 2.11. The van der Waals surface area contributed by atoms with Crippen molar-refractivity contribution in [1.82, 2.24) is 14.9 Å². The lowest BCUT2D eigenvalue weighted by atomic mass is 10.1. The Hall–Kier alpha value is -0.540. The first kappa shape index (κ1) is 8.08. The van der Waals surface area contributed by atoms with E-state index in [4.69, 9.17) is 11.6 Å². The van der Waals surface area contributed by atoms with Crippen molar-refractivity contribution >= 4 is 11.6 Å². The predicted octanol–water partition coefficient (Wildman–Crippen LogP) is 1.48. The summed E-state index contributed by atoms with van der Waals surface area (Å²) in [5, 5.41) is 0.638. The Morgan fingerprint density at radius 2 is 2.58 bits per heavy atom. The maximum absolute atomic E-state index is 5.74. The molecule has 1 N–H and O–H groups in total.